The standard InChI is InChI=1S/C13H27NO3/c1-3-4-5-6-9-14(10-11-15)13(17)8-7-12(2)16/h12,15-16H,3-11H2,1-2H3. The van der Waals surface area contributed by atoms with Crippen LogP contribution in [0.2, 0.25) is 0 Å². The SMILES string of the molecule is CCCCCCN(CCO)C(=O)CCC(C)O. The maximum atomic E-state index is 11.8. The van der Waals surface area contributed by atoms with Gasteiger partial charge in [0.15, 0.2) is 0 Å². The smallest absolute Gasteiger partial charge is 0.222 e. The number of hydrogen-bond acceptors (Lipinski definition) is 3. The molecular weight excluding hydrogens is 218 g/mol. The van der Waals surface area contributed by atoms with Gasteiger partial charge in [0.05, 0.1) is 12.7 Å². The second kappa shape index (κ2) is 10.5. The van der Waals surface area contributed by atoms with Gasteiger partial charge in [-0.15, -0.1) is 0 Å². The van der Waals surface area contributed by atoms with Crippen LogP contribution >= 0.6 is 0 Å². The average molecular weight is 245 g/mol. The van der Waals surface area contributed by atoms with Crippen molar-refractivity contribution < 1.29 is 15.0 Å². The Balaban J connectivity index is 3.89. The van der Waals surface area contributed by atoms with Crippen LogP contribution in [0.3, 0.4) is 0 Å². The maximum absolute atomic E-state index is 11.8. The van der Waals surface area contributed by atoms with Crippen molar-refractivity contribution in [2.45, 2.75) is 58.5 Å². The predicted octanol–water partition coefficient (Wildman–Crippen LogP) is 1.55. The van der Waals surface area contributed by atoms with Crippen molar-refractivity contribution in [1.29, 1.82) is 0 Å². The van der Waals surface area contributed by atoms with Crippen molar-refractivity contribution >= 4 is 5.91 Å². The van der Waals surface area contributed by atoms with Crippen molar-refractivity contribution in [2.75, 3.05) is 19.7 Å². The molecule has 0 aliphatic rings. The molecule has 0 aromatic rings. The van der Waals surface area contributed by atoms with Crippen LogP contribution in [0.25, 0.3) is 0 Å². The minimum absolute atomic E-state index is 0.00813. The molecular formula is C13H27NO3. The van der Waals surface area contributed by atoms with Gasteiger partial charge in [-0.05, 0) is 19.8 Å². The third-order valence-electron chi connectivity index (χ3n) is 2.78. The van der Waals surface area contributed by atoms with Crippen molar-refractivity contribution in [2.24, 2.45) is 0 Å². The van der Waals surface area contributed by atoms with Gasteiger partial charge >= 0.3 is 0 Å². The van der Waals surface area contributed by atoms with E-state index in [1.165, 1.54) is 12.8 Å². The second-order valence-electron chi connectivity index (χ2n) is 4.55. The van der Waals surface area contributed by atoms with Crippen LogP contribution in [0.1, 0.15) is 52.4 Å². The van der Waals surface area contributed by atoms with Gasteiger partial charge in [-0.3, -0.25) is 4.79 Å². The molecule has 4 heteroatoms. The zero-order valence-electron chi connectivity index (χ0n) is 11.2. The van der Waals surface area contributed by atoms with Crippen LogP contribution in [-0.2, 0) is 4.79 Å². The molecule has 102 valence electrons. The van der Waals surface area contributed by atoms with Gasteiger partial charge in [0.2, 0.25) is 5.91 Å². The summed E-state index contributed by atoms with van der Waals surface area (Å²) >= 11 is 0. The summed E-state index contributed by atoms with van der Waals surface area (Å²) in [6.45, 7) is 4.97. The Morgan fingerprint density at radius 1 is 1.24 bits per heavy atom. The first kappa shape index (κ1) is 16.4. The van der Waals surface area contributed by atoms with Crippen LogP contribution in [0.4, 0.5) is 0 Å². The first-order valence-corrected chi connectivity index (χ1v) is 6.68. The Hall–Kier alpha value is -0.610. The molecule has 1 amide bonds. The highest BCUT2D eigenvalue weighted by molar-refractivity contribution is 5.76. The molecule has 0 aromatic carbocycles. The molecule has 4 nitrogen and oxygen atoms in total. The lowest BCUT2D eigenvalue weighted by atomic mass is 10.1. The Morgan fingerprint density at radius 3 is 2.47 bits per heavy atom. The molecule has 0 saturated carbocycles. The number of unbranched alkanes of at least 4 members (excludes halogenated alkanes) is 3. The van der Waals surface area contributed by atoms with Crippen LogP contribution in [0.15, 0.2) is 0 Å². The van der Waals surface area contributed by atoms with E-state index in [-0.39, 0.29) is 12.5 Å². The molecule has 0 fully saturated rings. The Morgan fingerprint density at radius 2 is 1.94 bits per heavy atom. The molecule has 0 aromatic heterocycles. The lowest BCUT2D eigenvalue weighted by Crippen LogP contribution is -2.34. The quantitative estimate of drug-likeness (QED) is 0.574. The van der Waals surface area contributed by atoms with Gasteiger partial charge in [0.25, 0.3) is 0 Å². The third kappa shape index (κ3) is 9.12. The van der Waals surface area contributed by atoms with E-state index in [4.69, 9.17) is 10.2 Å². The molecule has 0 aliphatic heterocycles. The average Bonchev–Trinajstić information content (AvgIpc) is 2.30. The molecule has 1 atom stereocenters. The summed E-state index contributed by atoms with van der Waals surface area (Å²) < 4.78 is 0. The fraction of sp³-hybridized carbons (Fsp3) is 0.923. The summed E-state index contributed by atoms with van der Waals surface area (Å²) in [5, 5.41) is 18.1. The highest BCUT2D eigenvalue weighted by atomic mass is 16.3. The number of rotatable bonds is 10. The summed E-state index contributed by atoms with van der Waals surface area (Å²) in [4.78, 5) is 13.5. The lowest BCUT2D eigenvalue weighted by Gasteiger charge is -2.22. The number of hydrogen-bond donors (Lipinski definition) is 2. The topological polar surface area (TPSA) is 60.8 Å². The summed E-state index contributed by atoms with van der Waals surface area (Å²) in [7, 11) is 0. The van der Waals surface area contributed by atoms with Gasteiger partial charge in [-0.1, -0.05) is 26.2 Å². The molecule has 0 spiro atoms. The van der Waals surface area contributed by atoms with E-state index in [9.17, 15) is 4.79 Å². The first-order valence-electron chi connectivity index (χ1n) is 6.68. The number of nitrogens with zero attached hydrogens (tertiary/aromatic N) is 1. The van der Waals surface area contributed by atoms with E-state index in [2.05, 4.69) is 6.92 Å². The Bertz CT molecular complexity index is 195. The van der Waals surface area contributed by atoms with Crippen molar-refractivity contribution in [3.05, 3.63) is 0 Å². The van der Waals surface area contributed by atoms with Gasteiger partial charge in [-0.2, -0.15) is 0 Å². The number of aliphatic hydroxyl groups is 2. The second-order valence-corrected chi connectivity index (χ2v) is 4.55. The fourth-order valence-electron chi connectivity index (χ4n) is 1.70. The van der Waals surface area contributed by atoms with E-state index < -0.39 is 6.10 Å². The zero-order valence-corrected chi connectivity index (χ0v) is 11.2. The Kier molecular flexibility index (Phi) is 10.2. The van der Waals surface area contributed by atoms with Crippen molar-refractivity contribution in [3.63, 3.8) is 0 Å². The number of amides is 1. The van der Waals surface area contributed by atoms with Crippen molar-refractivity contribution in [3.8, 4) is 0 Å². The number of aliphatic hydroxyl groups excluding tert-OH is 2. The van der Waals surface area contributed by atoms with Gasteiger partial charge in [-0.25, -0.2) is 0 Å². The molecule has 0 bridgehead atoms. The van der Waals surface area contributed by atoms with Crippen LogP contribution in [0, 0.1) is 0 Å². The van der Waals surface area contributed by atoms with E-state index in [1.807, 2.05) is 0 Å². The van der Waals surface area contributed by atoms with E-state index in [1.54, 1.807) is 11.8 Å². The van der Waals surface area contributed by atoms with E-state index >= 15 is 0 Å². The molecule has 0 aliphatic carbocycles. The first-order chi connectivity index (χ1) is 8.11. The number of carbonyl (C=O) groups excluding carboxylic acids is 1. The maximum Gasteiger partial charge on any atom is 0.222 e. The number of carbonyl (C=O) groups is 1. The summed E-state index contributed by atoms with van der Waals surface area (Å²) in [5.41, 5.74) is 0. The molecule has 0 heterocycles. The zero-order chi connectivity index (χ0) is 13.1. The highest BCUT2D eigenvalue weighted by Crippen LogP contribution is 2.05. The third-order valence-corrected chi connectivity index (χ3v) is 2.78. The van der Waals surface area contributed by atoms with Gasteiger partial charge in [0.1, 0.15) is 0 Å². The van der Waals surface area contributed by atoms with Crippen LogP contribution < -0.4 is 0 Å². The Labute approximate surface area is 105 Å². The molecule has 2 N–H and O–H groups in total. The highest BCUT2D eigenvalue weighted by Gasteiger charge is 2.13. The normalized spacial score (nSPS) is 12.5. The molecule has 0 rings (SSSR count). The predicted molar refractivity (Wildman–Crippen MR) is 68.7 cm³/mol. The lowest BCUT2D eigenvalue weighted by molar-refractivity contribution is -0.132. The van der Waals surface area contributed by atoms with Crippen LogP contribution in [0.5, 0.6) is 0 Å². The summed E-state index contributed by atoms with van der Waals surface area (Å²) in [6.07, 6.45) is 4.91. The van der Waals surface area contributed by atoms with E-state index in [0.717, 1.165) is 19.4 Å². The summed E-state index contributed by atoms with van der Waals surface area (Å²) in [6, 6.07) is 0. The van der Waals surface area contributed by atoms with Gasteiger partial charge < -0.3 is 15.1 Å². The van der Waals surface area contributed by atoms with Crippen LogP contribution in [-0.4, -0.2) is 46.8 Å². The minimum atomic E-state index is -0.435. The van der Waals surface area contributed by atoms with Crippen molar-refractivity contribution in [1.82, 2.24) is 4.90 Å². The minimum Gasteiger partial charge on any atom is -0.395 e. The molecule has 0 saturated heterocycles. The van der Waals surface area contributed by atoms with Gasteiger partial charge in [0, 0.05) is 19.5 Å². The summed E-state index contributed by atoms with van der Waals surface area (Å²) in [5.74, 6) is 0.0384. The fourth-order valence-corrected chi connectivity index (χ4v) is 1.70. The largest absolute Gasteiger partial charge is 0.395 e. The molecule has 17 heavy (non-hydrogen) atoms. The molecule has 0 radical (unpaired) electrons. The van der Waals surface area contributed by atoms with E-state index in [0.29, 0.717) is 19.4 Å². The molecule has 1 unspecified atom stereocenters. The monoisotopic (exact) mass is 245 g/mol.